The summed E-state index contributed by atoms with van der Waals surface area (Å²) in [5.41, 5.74) is 1.54. The lowest BCUT2D eigenvalue weighted by Crippen LogP contribution is -2.29. The molecule has 2 saturated heterocycles. The van der Waals surface area contributed by atoms with Gasteiger partial charge in [-0.3, -0.25) is 9.69 Å². The Balaban J connectivity index is 1.71. The molecule has 112 valence electrons. The molecule has 0 spiro atoms. The fraction of sp³-hybridized carbons (Fsp3) is 0.467. The van der Waals surface area contributed by atoms with Crippen LogP contribution in [0.2, 0.25) is 0 Å². The predicted molar refractivity (Wildman–Crippen MR) is 81.3 cm³/mol. The minimum atomic E-state index is -0.0907. The molecule has 0 aliphatic carbocycles. The number of benzene rings is 1. The van der Waals surface area contributed by atoms with Gasteiger partial charge in [0.1, 0.15) is 0 Å². The lowest BCUT2D eigenvalue weighted by Gasteiger charge is -2.17. The first-order valence-electron chi connectivity index (χ1n) is 7.32. The van der Waals surface area contributed by atoms with Crippen LogP contribution in [0.3, 0.4) is 0 Å². The molecule has 2 heterocycles. The smallest absolute Gasteiger partial charge is 0.321 e. The monoisotopic (exact) mass is 288 g/mol. The van der Waals surface area contributed by atoms with Gasteiger partial charge in [-0.1, -0.05) is 13.0 Å². The van der Waals surface area contributed by atoms with Crippen molar-refractivity contribution in [1.82, 2.24) is 10.6 Å². The number of hydrogen-bond acceptors (Lipinski definition) is 3. The van der Waals surface area contributed by atoms with Gasteiger partial charge in [0.2, 0.25) is 5.91 Å². The van der Waals surface area contributed by atoms with Crippen molar-refractivity contribution in [3.63, 3.8) is 0 Å². The Bertz CT molecular complexity index is 560. The van der Waals surface area contributed by atoms with Crippen molar-refractivity contribution >= 4 is 23.3 Å². The number of hydrogen-bond donors (Lipinski definition) is 3. The maximum Gasteiger partial charge on any atom is 0.321 e. The lowest BCUT2D eigenvalue weighted by atomic mass is 9.97. The molecule has 0 aromatic heterocycles. The molecule has 3 rings (SSSR count). The highest BCUT2D eigenvalue weighted by atomic mass is 16.2. The lowest BCUT2D eigenvalue weighted by molar-refractivity contribution is -0.120. The highest BCUT2D eigenvalue weighted by Crippen LogP contribution is 2.23. The third kappa shape index (κ3) is 2.85. The van der Waals surface area contributed by atoms with E-state index in [4.69, 9.17) is 0 Å². The average Bonchev–Trinajstić information content (AvgIpc) is 3.07. The molecule has 2 unspecified atom stereocenters. The highest BCUT2D eigenvalue weighted by Gasteiger charge is 2.29. The molecule has 2 aliphatic heterocycles. The van der Waals surface area contributed by atoms with E-state index in [1.165, 1.54) is 0 Å². The van der Waals surface area contributed by atoms with E-state index in [1.807, 2.05) is 24.3 Å². The van der Waals surface area contributed by atoms with Crippen molar-refractivity contribution in [2.75, 3.05) is 36.4 Å². The largest absolute Gasteiger partial charge is 0.336 e. The fourth-order valence-corrected chi connectivity index (χ4v) is 2.87. The maximum atomic E-state index is 12.3. The molecular formula is C15H20N4O2. The van der Waals surface area contributed by atoms with Crippen LogP contribution in [0.5, 0.6) is 0 Å². The summed E-state index contributed by atoms with van der Waals surface area (Å²) in [6, 6.07) is 7.33. The first kappa shape index (κ1) is 13.9. The summed E-state index contributed by atoms with van der Waals surface area (Å²) < 4.78 is 0. The van der Waals surface area contributed by atoms with Crippen LogP contribution < -0.4 is 20.9 Å². The van der Waals surface area contributed by atoms with Crippen LogP contribution in [0.1, 0.15) is 6.92 Å². The average molecular weight is 288 g/mol. The number of rotatable bonds is 3. The summed E-state index contributed by atoms with van der Waals surface area (Å²) in [7, 11) is 0. The standard InChI is InChI=1S/C15H20N4O2/c1-10-8-16-9-13(10)14(20)18-11-3-2-4-12(7-11)19-6-5-17-15(19)21/h2-4,7,10,13,16H,5-6,8-9H2,1H3,(H,17,21)(H,18,20). The van der Waals surface area contributed by atoms with Gasteiger partial charge in [-0.15, -0.1) is 0 Å². The van der Waals surface area contributed by atoms with E-state index < -0.39 is 0 Å². The van der Waals surface area contributed by atoms with Crippen LogP contribution >= 0.6 is 0 Å². The van der Waals surface area contributed by atoms with Crippen LogP contribution in [-0.4, -0.2) is 38.1 Å². The third-order valence-corrected chi connectivity index (χ3v) is 4.14. The summed E-state index contributed by atoms with van der Waals surface area (Å²) in [5.74, 6) is 0.386. The Morgan fingerprint density at radius 3 is 2.90 bits per heavy atom. The first-order chi connectivity index (χ1) is 10.1. The molecule has 2 aliphatic rings. The summed E-state index contributed by atoms with van der Waals surface area (Å²) in [6.45, 7) is 4.99. The van der Waals surface area contributed by atoms with Crippen LogP contribution in [0, 0.1) is 11.8 Å². The molecule has 1 aromatic rings. The van der Waals surface area contributed by atoms with Gasteiger partial charge in [0.25, 0.3) is 0 Å². The van der Waals surface area contributed by atoms with Gasteiger partial charge in [0.15, 0.2) is 0 Å². The van der Waals surface area contributed by atoms with Crippen molar-refractivity contribution in [1.29, 1.82) is 0 Å². The molecule has 6 heteroatoms. The zero-order valence-corrected chi connectivity index (χ0v) is 12.1. The Morgan fingerprint density at radius 2 is 2.24 bits per heavy atom. The zero-order valence-electron chi connectivity index (χ0n) is 12.1. The molecule has 6 nitrogen and oxygen atoms in total. The Kier molecular flexibility index (Phi) is 3.79. The third-order valence-electron chi connectivity index (χ3n) is 4.14. The van der Waals surface area contributed by atoms with Gasteiger partial charge < -0.3 is 16.0 Å². The van der Waals surface area contributed by atoms with Gasteiger partial charge in [0.05, 0.1) is 5.92 Å². The van der Waals surface area contributed by atoms with Crippen LogP contribution in [-0.2, 0) is 4.79 Å². The molecule has 21 heavy (non-hydrogen) atoms. The number of nitrogens with one attached hydrogen (secondary N) is 3. The second-order valence-electron chi connectivity index (χ2n) is 5.67. The molecule has 2 fully saturated rings. The van der Waals surface area contributed by atoms with Crippen molar-refractivity contribution in [3.8, 4) is 0 Å². The van der Waals surface area contributed by atoms with Gasteiger partial charge in [0, 0.05) is 31.0 Å². The molecule has 0 radical (unpaired) electrons. The Hall–Kier alpha value is -2.08. The first-order valence-corrected chi connectivity index (χ1v) is 7.32. The maximum absolute atomic E-state index is 12.3. The fourth-order valence-electron chi connectivity index (χ4n) is 2.87. The highest BCUT2D eigenvalue weighted by molar-refractivity contribution is 5.96. The van der Waals surface area contributed by atoms with Crippen LogP contribution in [0.25, 0.3) is 0 Å². The molecule has 2 atom stereocenters. The van der Waals surface area contributed by atoms with E-state index in [2.05, 4.69) is 22.9 Å². The summed E-state index contributed by atoms with van der Waals surface area (Å²) >= 11 is 0. The summed E-state index contributed by atoms with van der Waals surface area (Å²) in [6.07, 6.45) is 0. The Morgan fingerprint density at radius 1 is 1.38 bits per heavy atom. The minimum Gasteiger partial charge on any atom is -0.336 e. The van der Waals surface area contributed by atoms with Gasteiger partial charge >= 0.3 is 6.03 Å². The Labute approximate surface area is 123 Å². The number of urea groups is 1. The zero-order chi connectivity index (χ0) is 14.8. The topological polar surface area (TPSA) is 73.5 Å². The van der Waals surface area contributed by atoms with Crippen LogP contribution in [0.15, 0.2) is 24.3 Å². The quantitative estimate of drug-likeness (QED) is 0.777. The normalized spacial score (nSPS) is 25.0. The number of anilines is 2. The predicted octanol–water partition coefficient (Wildman–Crippen LogP) is 1.01. The SMILES string of the molecule is CC1CNCC1C(=O)Nc1cccc(N2CCNC2=O)c1. The molecule has 3 amide bonds. The number of carbonyl (C=O) groups is 2. The summed E-state index contributed by atoms with van der Waals surface area (Å²) in [4.78, 5) is 25.6. The molecule has 1 aromatic carbocycles. The van der Waals surface area contributed by atoms with Crippen molar-refractivity contribution < 1.29 is 9.59 Å². The number of carbonyl (C=O) groups excluding carboxylic acids is 2. The number of nitrogens with zero attached hydrogens (tertiary/aromatic N) is 1. The summed E-state index contributed by atoms with van der Waals surface area (Å²) in [5, 5.41) is 8.95. The van der Waals surface area contributed by atoms with E-state index in [0.717, 1.165) is 24.5 Å². The molecule has 3 N–H and O–H groups in total. The molecule has 0 bridgehead atoms. The van der Waals surface area contributed by atoms with Crippen molar-refractivity contribution in [3.05, 3.63) is 24.3 Å². The van der Waals surface area contributed by atoms with E-state index in [1.54, 1.807) is 4.90 Å². The van der Waals surface area contributed by atoms with E-state index in [0.29, 0.717) is 19.0 Å². The van der Waals surface area contributed by atoms with E-state index >= 15 is 0 Å². The van der Waals surface area contributed by atoms with Gasteiger partial charge in [-0.25, -0.2) is 4.79 Å². The van der Waals surface area contributed by atoms with Crippen LogP contribution in [0.4, 0.5) is 16.2 Å². The van der Waals surface area contributed by atoms with Crippen molar-refractivity contribution in [2.45, 2.75) is 6.92 Å². The molecular weight excluding hydrogens is 268 g/mol. The molecule has 0 saturated carbocycles. The van der Waals surface area contributed by atoms with Crippen molar-refractivity contribution in [2.24, 2.45) is 11.8 Å². The van der Waals surface area contributed by atoms with Gasteiger partial charge in [-0.05, 0) is 30.7 Å². The minimum absolute atomic E-state index is 0.00346. The van der Waals surface area contributed by atoms with E-state index in [-0.39, 0.29) is 17.9 Å². The van der Waals surface area contributed by atoms with E-state index in [9.17, 15) is 9.59 Å². The van der Waals surface area contributed by atoms with Gasteiger partial charge in [-0.2, -0.15) is 0 Å². The second-order valence-corrected chi connectivity index (χ2v) is 5.67. The second kappa shape index (κ2) is 5.73. The number of amides is 3.